The smallest absolute Gasteiger partial charge is 0.101 e. The van der Waals surface area contributed by atoms with E-state index in [1.54, 1.807) is 0 Å². The van der Waals surface area contributed by atoms with Crippen LogP contribution in [0.5, 0.6) is 0 Å². The van der Waals surface area contributed by atoms with Crippen LogP contribution in [0.4, 0.5) is 0 Å². The van der Waals surface area contributed by atoms with Gasteiger partial charge in [0.2, 0.25) is 0 Å². The van der Waals surface area contributed by atoms with E-state index in [2.05, 4.69) is 95.7 Å². The predicted molar refractivity (Wildman–Crippen MR) is 115 cm³/mol. The number of hydrogen-bond donors (Lipinski definition) is 0. The molecular weight excluding hydrogens is 340 g/mol. The fraction of sp³-hybridized carbons (Fsp3) is 0.0385. The normalized spacial score (nSPS) is 12.1. The van der Waals surface area contributed by atoms with Crippen molar-refractivity contribution in [2.75, 3.05) is 0 Å². The molecule has 1 aromatic heterocycles. The highest BCUT2D eigenvalue weighted by atomic mass is 15.3. The largest absolute Gasteiger partial charge is 0.232 e. The molecule has 0 fully saturated rings. The summed E-state index contributed by atoms with van der Waals surface area (Å²) >= 11 is 0. The second-order valence-corrected chi connectivity index (χ2v) is 7.29. The number of rotatable bonds is 2. The number of fused-ring (bicyclic) bond motifs is 5. The lowest BCUT2D eigenvalue weighted by Crippen LogP contribution is -1.95. The molecule has 0 saturated heterocycles. The Kier molecular flexibility index (Phi) is 3.26. The summed E-state index contributed by atoms with van der Waals surface area (Å²) in [6, 6.07) is 34.2. The number of para-hydroxylation sites is 1. The van der Waals surface area contributed by atoms with Gasteiger partial charge in [-0.1, -0.05) is 78.9 Å². The molecule has 28 heavy (non-hydrogen) atoms. The Hall–Kier alpha value is -3.65. The molecule has 1 heterocycles. The van der Waals surface area contributed by atoms with Gasteiger partial charge in [-0.2, -0.15) is 5.10 Å². The number of benzene rings is 4. The lowest BCUT2D eigenvalue weighted by molar-refractivity contribution is 0.915. The first-order valence-electron chi connectivity index (χ1n) is 9.64. The highest BCUT2D eigenvalue weighted by Gasteiger charge is 2.25. The summed E-state index contributed by atoms with van der Waals surface area (Å²) in [5.74, 6) is 0. The first kappa shape index (κ1) is 15.4. The Morgan fingerprint density at radius 1 is 0.643 bits per heavy atom. The molecule has 2 heteroatoms. The van der Waals surface area contributed by atoms with Crippen LogP contribution in [0.1, 0.15) is 11.1 Å². The van der Waals surface area contributed by atoms with Gasteiger partial charge in [0.15, 0.2) is 0 Å². The van der Waals surface area contributed by atoms with Crippen molar-refractivity contribution in [3.8, 4) is 28.1 Å². The lowest BCUT2D eigenvalue weighted by Gasteiger charge is -2.07. The van der Waals surface area contributed by atoms with Crippen LogP contribution in [0.15, 0.2) is 97.1 Å². The lowest BCUT2D eigenvalue weighted by atomic mass is 9.97. The minimum Gasteiger partial charge on any atom is -0.232 e. The minimum absolute atomic E-state index is 0.992. The standard InChI is InChI=1S/C26H18N2/c1-3-9-18(10-4-1)26-25-23(28(27-26)21-12-5-2-6-13-21)16-15-20-17-19-11-7-8-14-22(19)24(20)25/h1-16H,17H2. The van der Waals surface area contributed by atoms with Gasteiger partial charge in [-0.25, -0.2) is 4.68 Å². The third-order valence-electron chi connectivity index (χ3n) is 5.65. The van der Waals surface area contributed by atoms with Gasteiger partial charge in [0, 0.05) is 10.9 Å². The Morgan fingerprint density at radius 2 is 1.36 bits per heavy atom. The molecule has 6 rings (SSSR count). The van der Waals surface area contributed by atoms with Gasteiger partial charge in [-0.15, -0.1) is 0 Å². The SMILES string of the molecule is c1ccc(-c2nn(-c3ccccc3)c3ccc4c(c23)-c2ccccc2C4)cc1. The fourth-order valence-corrected chi connectivity index (χ4v) is 4.40. The van der Waals surface area contributed by atoms with Crippen LogP contribution < -0.4 is 0 Å². The second kappa shape index (κ2) is 5.93. The molecule has 132 valence electrons. The summed E-state index contributed by atoms with van der Waals surface area (Å²) in [6.07, 6.45) is 0.992. The number of hydrogen-bond acceptors (Lipinski definition) is 1. The van der Waals surface area contributed by atoms with Crippen LogP contribution >= 0.6 is 0 Å². The number of aromatic nitrogens is 2. The van der Waals surface area contributed by atoms with Crippen LogP contribution in [0.3, 0.4) is 0 Å². The quantitative estimate of drug-likeness (QED) is 0.357. The van der Waals surface area contributed by atoms with Crippen molar-refractivity contribution in [2.45, 2.75) is 6.42 Å². The molecule has 0 amide bonds. The number of nitrogens with zero attached hydrogens (tertiary/aromatic N) is 2. The van der Waals surface area contributed by atoms with Gasteiger partial charge < -0.3 is 0 Å². The minimum atomic E-state index is 0.992. The van der Waals surface area contributed by atoms with Gasteiger partial charge >= 0.3 is 0 Å². The second-order valence-electron chi connectivity index (χ2n) is 7.29. The summed E-state index contributed by atoms with van der Waals surface area (Å²) in [7, 11) is 0. The molecule has 0 bridgehead atoms. The van der Waals surface area contributed by atoms with Crippen LogP contribution in [0.25, 0.3) is 39.0 Å². The van der Waals surface area contributed by atoms with Crippen LogP contribution in [0.2, 0.25) is 0 Å². The zero-order chi connectivity index (χ0) is 18.5. The average molecular weight is 358 g/mol. The summed E-state index contributed by atoms with van der Waals surface area (Å²) in [5.41, 5.74) is 9.91. The maximum Gasteiger partial charge on any atom is 0.101 e. The molecule has 0 radical (unpaired) electrons. The van der Waals surface area contributed by atoms with Crippen molar-refractivity contribution in [1.29, 1.82) is 0 Å². The van der Waals surface area contributed by atoms with E-state index >= 15 is 0 Å². The molecule has 0 aliphatic heterocycles. The molecule has 0 saturated carbocycles. The van der Waals surface area contributed by atoms with E-state index in [1.165, 1.54) is 27.6 Å². The summed E-state index contributed by atoms with van der Waals surface area (Å²) in [6.45, 7) is 0. The molecule has 2 nitrogen and oxygen atoms in total. The van der Waals surface area contributed by atoms with Crippen molar-refractivity contribution in [3.05, 3.63) is 108 Å². The highest BCUT2D eigenvalue weighted by Crippen LogP contribution is 2.45. The Labute approximate surface area is 163 Å². The van der Waals surface area contributed by atoms with Crippen molar-refractivity contribution in [2.24, 2.45) is 0 Å². The van der Waals surface area contributed by atoms with E-state index in [0.717, 1.165) is 28.9 Å². The van der Waals surface area contributed by atoms with Crippen molar-refractivity contribution < 1.29 is 0 Å². The summed E-state index contributed by atoms with van der Waals surface area (Å²) < 4.78 is 2.08. The summed E-state index contributed by atoms with van der Waals surface area (Å²) in [5, 5.41) is 6.34. The highest BCUT2D eigenvalue weighted by molar-refractivity contribution is 6.07. The van der Waals surface area contributed by atoms with Crippen molar-refractivity contribution >= 4 is 10.9 Å². The molecule has 0 spiro atoms. The maximum atomic E-state index is 5.10. The predicted octanol–water partition coefficient (Wildman–Crippen LogP) is 6.26. The zero-order valence-corrected chi connectivity index (χ0v) is 15.3. The molecule has 1 aliphatic carbocycles. The van der Waals surface area contributed by atoms with E-state index in [9.17, 15) is 0 Å². The summed E-state index contributed by atoms with van der Waals surface area (Å²) in [4.78, 5) is 0. The van der Waals surface area contributed by atoms with Crippen molar-refractivity contribution in [3.63, 3.8) is 0 Å². The topological polar surface area (TPSA) is 17.8 Å². The van der Waals surface area contributed by atoms with Gasteiger partial charge in [0.25, 0.3) is 0 Å². The van der Waals surface area contributed by atoms with Crippen LogP contribution in [-0.4, -0.2) is 9.78 Å². The monoisotopic (exact) mass is 358 g/mol. The van der Waals surface area contributed by atoms with E-state index in [1.807, 2.05) is 6.07 Å². The molecule has 0 atom stereocenters. The first-order chi connectivity index (χ1) is 13.9. The van der Waals surface area contributed by atoms with Crippen LogP contribution in [0, 0.1) is 0 Å². The molecule has 1 aliphatic rings. The van der Waals surface area contributed by atoms with E-state index in [4.69, 9.17) is 5.10 Å². The van der Waals surface area contributed by atoms with Crippen molar-refractivity contribution in [1.82, 2.24) is 9.78 Å². The zero-order valence-electron chi connectivity index (χ0n) is 15.3. The maximum absolute atomic E-state index is 5.10. The Morgan fingerprint density at radius 3 is 2.18 bits per heavy atom. The van der Waals surface area contributed by atoms with E-state index in [-0.39, 0.29) is 0 Å². The molecule has 4 aromatic carbocycles. The molecule has 0 N–H and O–H groups in total. The molecule has 0 unspecified atom stereocenters. The van der Waals surface area contributed by atoms with Gasteiger partial charge in [-0.05, 0) is 46.9 Å². The third-order valence-corrected chi connectivity index (χ3v) is 5.65. The fourth-order valence-electron chi connectivity index (χ4n) is 4.40. The molecule has 5 aromatic rings. The first-order valence-corrected chi connectivity index (χ1v) is 9.64. The van der Waals surface area contributed by atoms with Crippen LogP contribution in [-0.2, 0) is 6.42 Å². The third kappa shape index (κ3) is 2.18. The van der Waals surface area contributed by atoms with E-state index < -0.39 is 0 Å². The Balaban J connectivity index is 1.75. The van der Waals surface area contributed by atoms with Gasteiger partial charge in [-0.3, -0.25) is 0 Å². The van der Waals surface area contributed by atoms with Gasteiger partial charge in [0.1, 0.15) is 5.69 Å². The average Bonchev–Trinajstić information content (AvgIpc) is 3.33. The molecular formula is C26H18N2. The van der Waals surface area contributed by atoms with E-state index in [0.29, 0.717) is 0 Å². The van der Waals surface area contributed by atoms with Gasteiger partial charge in [0.05, 0.1) is 11.2 Å². The Bertz CT molecular complexity index is 1320.